The summed E-state index contributed by atoms with van der Waals surface area (Å²) in [6, 6.07) is 9.18. The number of benzene rings is 1. The van der Waals surface area contributed by atoms with Crippen LogP contribution in [0.25, 0.3) is 0 Å². The molecule has 0 N–H and O–H groups in total. The molecule has 0 amide bonds. The van der Waals surface area contributed by atoms with Crippen molar-refractivity contribution >= 4 is 5.69 Å². The van der Waals surface area contributed by atoms with Crippen LogP contribution >= 0.6 is 0 Å². The molecule has 2 nitrogen and oxygen atoms in total. The molecule has 0 aliphatic heterocycles. The Bertz CT molecular complexity index is 243. The lowest BCUT2D eigenvalue weighted by molar-refractivity contribution is 1.09. The molecule has 0 bridgehead atoms. The number of nitrogens with zero attached hydrogens (tertiary/aromatic N) is 2. The van der Waals surface area contributed by atoms with Gasteiger partial charge in [-0.05, 0) is 24.3 Å². The summed E-state index contributed by atoms with van der Waals surface area (Å²) in [6.45, 7) is 0. The van der Waals surface area contributed by atoms with Crippen LogP contribution in [0.15, 0.2) is 24.3 Å². The molecular weight excluding hydrogens is 124 g/mol. The Kier molecular flexibility index (Phi) is 1.91. The first kappa shape index (κ1) is 6.63. The van der Waals surface area contributed by atoms with E-state index >= 15 is 0 Å². The quantitative estimate of drug-likeness (QED) is 0.568. The number of hydrogen-bond acceptors (Lipinski definition) is 1. The van der Waals surface area contributed by atoms with Crippen molar-refractivity contribution in [1.29, 1.82) is 5.26 Å². The van der Waals surface area contributed by atoms with Crippen LogP contribution in [0, 0.1) is 11.3 Å². The third-order valence-corrected chi connectivity index (χ3v) is 1.25. The Morgan fingerprint density at radius 1 is 1.30 bits per heavy atom. The first-order chi connectivity index (χ1) is 4.86. The molecule has 1 rings (SSSR count). The second-order valence-electron chi connectivity index (χ2n) is 1.88. The van der Waals surface area contributed by atoms with Gasteiger partial charge in [-0.15, -0.1) is 0 Å². The van der Waals surface area contributed by atoms with Crippen molar-refractivity contribution in [2.24, 2.45) is 0 Å². The van der Waals surface area contributed by atoms with E-state index in [9.17, 15) is 0 Å². The van der Waals surface area contributed by atoms with E-state index in [4.69, 9.17) is 5.26 Å². The van der Waals surface area contributed by atoms with Crippen LogP contribution in [0.5, 0.6) is 0 Å². The lowest BCUT2D eigenvalue weighted by Crippen LogP contribution is -1.84. The zero-order valence-corrected chi connectivity index (χ0v) is 5.70. The van der Waals surface area contributed by atoms with Crippen LogP contribution in [0.1, 0.15) is 5.56 Å². The molecule has 10 heavy (non-hydrogen) atoms. The molecule has 49 valence electrons. The molecule has 1 aromatic carbocycles. The summed E-state index contributed by atoms with van der Waals surface area (Å²) in [5, 5.41) is 12.4. The standard InChI is InChI=1S/C8H7N2/c1-10-8-4-2-7(6-9)3-5-8/h2-5H,1H3. The Hall–Kier alpha value is -1.49. The van der Waals surface area contributed by atoms with Gasteiger partial charge in [0.15, 0.2) is 0 Å². The van der Waals surface area contributed by atoms with Gasteiger partial charge < -0.3 is 0 Å². The van der Waals surface area contributed by atoms with Crippen LogP contribution in [0.3, 0.4) is 0 Å². The van der Waals surface area contributed by atoms with Gasteiger partial charge in [-0.1, -0.05) is 0 Å². The molecule has 0 saturated heterocycles. The fourth-order valence-corrected chi connectivity index (χ4v) is 0.685. The lowest BCUT2D eigenvalue weighted by atomic mass is 10.2. The van der Waals surface area contributed by atoms with E-state index in [1.54, 1.807) is 19.2 Å². The van der Waals surface area contributed by atoms with Gasteiger partial charge in [0, 0.05) is 7.05 Å². The SMILES string of the molecule is C[N]c1ccc(C#N)cc1. The Labute approximate surface area is 60.1 Å². The highest BCUT2D eigenvalue weighted by Gasteiger charge is 1.89. The summed E-state index contributed by atoms with van der Waals surface area (Å²) in [7, 11) is 1.72. The monoisotopic (exact) mass is 131 g/mol. The van der Waals surface area contributed by atoms with Gasteiger partial charge in [0.2, 0.25) is 0 Å². The van der Waals surface area contributed by atoms with Crippen molar-refractivity contribution < 1.29 is 0 Å². The molecule has 0 saturated carbocycles. The molecular formula is C8H7N2. The summed E-state index contributed by atoms with van der Waals surface area (Å²) >= 11 is 0. The summed E-state index contributed by atoms with van der Waals surface area (Å²) in [5.41, 5.74) is 1.58. The third kappa shape index (κ3) is 1.26. The minimum Gasteiger partial charge on any atom is -0.289 e. The van der Waals surface area contributed by atoms with E-state index in [-0.39, 0.29) is 0 Å². The molecule has 0 spiro atoms. The molecule has 0 aromatic heterocycles. The maximum Gasteiger partial charge on any atom is 0.0991 e. The van der Waals surface area contributed by atoms with Gasteiger partial charge in [0.25, 0.3) is 0 Å². The molecule has 0 fully saturated rings. The smallest absolute Gasteiger partial charge is 0.0991 e. The second kappa shape index (κ2) is 2.88. The van der Waals surface area contributed by atoms with Crippen molar-refractivity contribution in [3.63, 3.8) is 0 Å². The highest BCUT2D eigenvalue weighted by molar-refractivity contribution is 5.41. The predicted octanol–water partition coefficient (Wildman–Crippen LogP) is 1.42. The zero-order chi connectivity index (χ0) is 7.40. The van der Waals surface area contributed by atoms with E-state index in [0.717, 1.165) is 5.69 Å². The normalized spacial score (nSPS) is 8.40. The third-order valence-electron chi connectivity index (χ3n) is 1.25. The topological polar surface area (TPSA) is 37.9 Å². The lowest BCUT2D eigenvalue weighted by Gasteiger charge is -1.93. The molecule has 1 aromatic rings. The van der Waals surface area contributed by atoms with Gasteiger partial charge in [-0.3, -0.25) is 5.32 Å². The van der Waals surface area contributed by atoms with E-state index in [0.29, 0.717) is 5.56 Å². The Balaban J connectivity index is 2.93. The van der Waals surface area contributed by atoms with Crippen LogP contribution in [0.4, 0.5) is 5.69 Å². The summed E-state index contributed by atoms with van der Waals surface area (Å²) in [6.07, 6.45) is 0. The molecule has 1 radical (unpaired) electrons. The minimum atomic E-state index is 0.674. The largest absolute Gasteiger partial charge is 0.289 e. The average Bonchev–Trinajstić information content (AvgIpc) is 2.05. The van der Waals surface area contributed by atoms with Gasteiger partial charge in [-0.2, -0.15) is 5.26 Å². The maximum atomic E-state index is 8.42. The Morgan fingerprint density at radius 2 is 1.90 bits per heavy atom. The molecule has 0 aliphatic carbocycles. The van der Waals surface area contributed by atoms with Crippen LogP contribution in [-0.4, -0.2) is 7.05 Å². The molecule has 0 atom stereocenters. The van der Waals surface area contributed by atoms with Crippen molar-refractivity contribution in [2.75, 3.05) is 7.05 Å². The highest BCUT2D eigenvalue weighted by Crippen LogP contribution is 2.06. The van der Waals surface area contributed by atoms with Crippen molar-refractivity contribution in [3.8, 4) is 6.07 Å². The number of hydrogen-bond donors (Lipinski definition) is 0. The summed E-state index contributed by atoms with van der Waals surface area (Å²) < 4.78 is 0. The fourth-order valence-electron chi connectivity index (χ4n) is 0.685. The van der Waals surface area contributed by atoms with E-state index in [1.807, 2.05) is 18.2 Å². The van der Waals surface area contributed by atoms with Gasteiger partial charge in [-0.25, -0.2) is 0 Å². The zero-order valence-electron chi connectivity index (χ0n) is 5.70. The van der Waals surface area contributed by atoms with E-state index in [1.165, 1.54) is 0 Å². The molecule has 0 heterocycles. The van der Waals surface area contributed by atoms with Gasteiger partial charge in [0.1, 0.15) is 0 Å². The van der Waals surface area contributed by atoms with Gasteiger partial charge >= 0.3 is 0 Å². The van der Waals surface area contributed by atoms with Crippen molar-refractivity contribution in [2.45, 2.75) is 0 Å². The van der Waals surface area contributed by atoms with Crippen LogP contribution in [-0.2, 0) is 0 Å². The molecule has 0 unspecified atom stereocenters. The van der Waals surface area contributed by atoms with E-state index in [2.05, 4.69) is 5.32 Å². The van der Waals surface area contributed by atoms with Crippen LogP contribution in [0.2, 0.25) is 0 Å². The summed E-state index contributed by atoms with van der Waals surface area (Å²) in [5.74, 6) is 0. The summed E-state index contributed by atoms with van der Waals surface area (Å²) in [4.78, 5) is 0. The number of nitriles is 1. The molecule has 2 heteroatoms. The average molecular weight is 131 g/mol. The van der Waals surface area contributed by atoms with E-state index < -0.39 is 0 Å². The first-order valence-corrected chi connectivity index (χ1v) is 2.97. The molecule has 0 aliphatic rings. The van der Waals surface area contributed by atoms with Crippen molar-refractivity contribution in [3.05, 3.63) is 29.8 Å². The van der Waals surface area contributed by atoms with Gasteiger partial charge in [0.05, 0.1) is 17.3 Å². The first-order valence-electron chi connectivity index (χ1n) is 2.97. The fraction of sp³-hybridized carbons (Fsp3) is 0.125. The maximum absolute atomic E-state index is 8.42. The Morgan fingerprint density at radius 3 is 2.30 bits per heavy atom. The second-order valence-corrected chi connectivity index (χ2v) is 1.88. The predicted molar refractivity (Wildman–Crippen MR) is 38.9 cm³/mol. The van der Waals surface area contributed by atoms with Crippen LogP contribution < -0.4 is 5.32 Å². The highest BCUT2D eigenvalue weighted by atomic mass is 14.8. The minimum absolute atomic E-state index is 0.674. The van der Waals surface area contributed by atoms with Crippen molar-refractivity contribution in [1.82, 2.24) is 5.32 Å². The number of rotatable bonds is 1.